The lowest BCUT2D eigenvalue weighted by Crippen LogP contribution is -2.45. The fourth-order valence-corrected chi connectivity index (χ4v) is 4.46. The van der Waals surface area contributed by atoms with Gasteiger partial charge < -0.3 is 29.6 Å². The van der Waals surface area contributed by atoms with Crippen molar-refractivity contribution in [1.82, 2.24) is 10.6 Å². The molecule has 3 aromatic carbocycles. The van der Waals surface area contributed by atoms with Crippen molar-refractivity contribution in [2.75, 3.05) is 14.2 Å². The largest absolute Gasteiger partial charge is 0.467 e. The second-order valence-corrected chi connectivity index (χ2v) is 11.1. The minimum atomic E-state index is -0.799. The number of esters is 4. The summed E-state index contributed by atoms with van der Waals surface area (Å²) in [7, 11) is 2.52. The van der Waals surface area contributed by atoms with Crippen LogP contribution < -0.4 is 20.1 Å². The van der Waals surface area contributed by atoms with Gasteiger partial charge in [-0.15, -0.1) is 0 Å². The molecule has 0 fully saturated rings. The topological polar surface area (TPSA) is 163 Å². The summed E-state index contributed by atoms with van der Waals surface area (Å²) in [6, 6.07) is 15.7. The van der Waals surface area contributed by atoms with Crippen molar-refractivity contribution < 1.29 is 47.7 Å². The quantitative estimate of drug-likeness (QED) is 0.182. The summed E-state index contributed by atoms with van der Waals surface area (Å²) in [5.41, 5.74) is 0.866. The standard InChI is InChI=1S/C36H40N2O10/c1-7-21(3)29(35(43)45-5)37-31(39)23-13-17-27(18-14-23)47-33(41)25-9-11-26(12-10-25)34(42)48-28-19-15-24(16-20-28)32(40)38-30(22(4)8-2)36(44)46-6/h9-22,29-30H,7-8H2,1-6H3,(H,37,39)(H,38,40). The molecule has 0 saturated heterocycles. The van der Waals surface area contributed by atoms with Crippen LogP contribution in [-0.2, 0) is 19.1 Å². The highest BCUT2D eigenvalue weighted by Crippen LogP contribution is 2.19. The second kappa shape index (κ2) is 17.4. The van der Waals surface area contributed by atoms with Crippen LogP contribution in [0.3, 0.4) is 0 Å². The number of ether oxygens (including phenoxy) is 4. The van der Waals surface area contributed by atoms with Gasteiger partial charge in [-0.05, 0) is 84.6 Å². The van der Waals surface area contributed by atoms with Gasteiger partial charge in [0.05, 0.1) is 25.3 Å². The maximum atomic E-state index is 12.7. The molecular formula is C36H40N2O10. The SMILES string of the molecule is CCC(C)C(NC(=O)c1ccc(OC(=O)c2ccc(C(=O)Oc3ccc(C(=O)NC(C(=O)OC)C(C)CC)cc3)cc2)cc1)C(=O)OC. The van der Waals surface area contributed by atoms with E-state index in [4.69, 9.17) is 18.9 Å². The van der Waals surface area contributed by atoms with Crippen LogP contribution in [0.5, 0.6) is 11.5 Å². The Morgan fingerprint density at radius 1 is 0.521 bits per heavy atom. The van der Waals surface area contributed by atoms with Crippen molar-refractivity contribution in [3.63, 3.8) is 0 Å². The summed E-state index contributed by atoms with van der Waals surface area (Å²) in [6.07, 6.45) is 1.32. The van der Waals surface area contributed by atoms with Gasteiger partial charge in [0, 0.05) is 11.1 Å². The number of rotatable bonds is 14. The van der Waals surface area contributed by atoms with Crippen LogP contribution in [0.1, 0.15) is 82.0 Å². The molecule has 4 unspecified atom stereocenters. The molecule has 12 heteroatoms. The summed E-state index contributed by atoms with van der Waals surface area (Å²) >= 11 is 0. The van der Waals surface area contributed by atoms with Crippen LogP contribution in [-0.4, -0.2) is 62.0 Å². The Morgan fingerprint density at radius 3 is 1.08 bits per heavy atom. The predicted molar refractivity (Wildman–Crippen MR) is 175 cm³/mol. The van der Waals surface area contributed by atoms with E-state index in [-0.39, 0.29) is 45.6 Å². The zero-order valence-corrected chi connectivity index (χ0v) is 27.7. The molecule has 0 saturated carbocycles. The summed E-state index contributed by atoms with van der Waals surface area (Å²) in [6.45, 7) is 7.48. The number of hydrogen-bond donors (Lipinski definition) is 2. The lowest BCUT2D eigenvalue weighted by atomic mass is 9.99. The number of benzene rings is 3. The van der Waals surface area contributed by atoms with Crippen molar-refractivity contribution in [1.29, 1.82) is 0 Å². The molecule has 0 aromatic heterocycles. The minimum absolute atomic E-state index is 0.134. The van der Waals surface area contributed by atoms with Gasteiger partial charge in [-0.1, -0.05) is 40.5 Å². The summed E-state index contributed by atoms with van der Waals surface area (Å²) in [5, 5.41) is 5.37. The van der Waals surface area contributed by atoms with Gasteiger partial charge in [0.15, 0.2) is 0 Å². The fraction of sp³-hybridized carbons (Fsp3) is 0.333. The highest BCUT2D eigenvalue weighted by molar-refractivity contribution is 5.98. The average Bonchev–Trinajstić information content (AvgIpc) is 3.11. The molecule has 0 heterocycles. The molecule has 0 aliphatic heterocycles. The normalized spacial score (nSPS) is 13.1. The number of amides is 2. The van der Waals surface area contributed by atoms with E-state index in [1.54, 1.807) is 0 Å². The lowest BCUT2D eigenvalue weighted by Gasteiger charge is -2.21. The lowest BCUT2D eigenvalue weighted by molar-refractivity contribution is -0.145. The Hall–Kier alpha value is -5.52. The monoisotopic (exact) mass is 660 g/mol. The van der Waals surface area contributed by atoms with Crippen molar-refractivity contribution >= 4 is 35.7 Å². The van der Waals surface area contributed by atoms with Crippen LogP contribution in [0, 0.1) is 11.8 Å². The Labute approximate surface area is 279 Å². The molecule has 12 nitrogen and oxygen atoms in total. The maximum Gasteiger partial charge on any atom is 0.343 e. The van der Waals surface area contributed by atoms with Gasteiger partial charge >= 0.3 is 23.9 Å². The second-order valence-electron chi connectivity index (χ2n) is 11.1. The number of nitrogens with one attached hydrogen (secondary N) is 2. The fourth-order valence-electron chi connectivity index (χ4n) is 4.46. The molecule has 0 radical (unpaired) electrons. The van der Waals surface area contributed by atoms with E-state index in [0.717, 1.165) is 0 Å². The highest BCUT2D eigenvalue weighted by Gasteiger charge is 2.28. The average molecular weight is 661 g/mol. The Morgan fingerprint density at radius 2 is 0.812 bits per heavy atom. The molecule has 0 aliphatic carbocycles. The third-order valence-corrected chi connectivity index (χ3v) is 7.92. The summed E-state index contributed by atoms with van der Waals surface area (Å²) < 4.78 is 20.4. The molecule has 254 valence electrons. The van der Waals surface area contributed by atoms with Crippen LogP contribution in [0.15, 0.2) is 72.8 Å². The van der Waals surface area contributed by atoms with Crippen LogP contribution >= 0.6 is 0 Å². The first-order valence-electron chi connectivity index (χ1n) is 15.4. The number of carbonyl (C=O) groups excluding carboxylic acids is 6. The highest BCUT2D eigenvalue weighted by atomic mass is 16.5. The molecule has 0 bridgehead atoms. The van der Waals surface area contributed by atoms with E-state index >= 15 is 0 Å². The van der Waals surface area contributed by atoms with Crippen molar-refractivity contribution in [2.45, 2.75) is 52.6 Å². The smallest absolute Gasteiger partial charge is 0.343 e. The first-order chi connectivity index (χ1) is 22.9. The predicted octanol–water partition coefficient (Wildman–Crippen LogP) is 4.76. The minimum Gasteiger partial charge on any atom is -0.467 e. The van der Waals surface area contributed by atoms with Crippen LogP contribution in [0.2, 0.25) is 0 Å². The molecule has 48 heavy (non-hydrogen) atoms. The van der Waals surface area contributed by atoms with E-state index in [2.05, 4.69) is 10.6 Å². The summed E-state index contributed by atoms with van der Waals surface area (Å²) in [4.78, 5) is 75.0. The maximum absolute atomic E-state index is 12.7. The Bertz CT molecular complexity index is 1480. The van der Waals surface area contributed by atoms with Crippen molar-refractivity contribution in [2.24, 2.45) is 11.8 Å². The van der Waals surface area contributed by atoms with Crippen LogP contribution in [0.4, 0.5) is 0 Å². The Balaban J connectivity index is 1.57. The van der Waals surface area contributed by atoms with Gasteiger partial charge in [0.2, 0.25) is 0 Å². The molecule has 2 N–H and O–H groups in total. The van der Waals surface area contributed by atoms with Gasteiger partial charge in [0.1, 0.15) is 23.6 Å². The molecule has 4 atom stereocenters. The number of hydrogen-bond acceptors (Lipinski definition) is 10. The molecule has 3 rings (SSSR count). The third-order valence-electron chi connectivity index (χ3n) is 7.92. The first-order valence-corrected chi connectivity index (χ1v) is 15.4. The molecule has 0 aliphatic rings. The number of methoxy groups -OCH3 is 2. The molecule has 3 aromatic rings. The third kappa shape index (κ3) is 9.74. The summed E-state index contributed by atoms with van der Waals surface area (Å²) in [5.74, 6) is -3.29. The zero-order chi connectivity index (χ0) is 35.4. The van der Waals surface area contributed by atoms with Gasteiger partial charge in [0.25, 0.3) is 11.8 Å². The zero-order valence-electron chi connectivity index (χ0n) is 27.7. The molecule has 0 spiro atoms. The van der Waals surface area contributed by atoms with Gasteiger partial charge in [-0.25, -0.2) is 19.2 Å². The molecule has 2 amide bonds. The molecular weight excluding hydrogens is 620 g/mol. The van der Waals surface area contributed by atoms with E-state index in [9.17, 15) is 28.8 Å². The number of carbonyl (C=O) groups is 6. The first kappa shape index (κ1) is 36.9. The van der Waals surface area contributed by atoms with E-state index in [1.807, 2.05) is 27.7 Å². The van der Waals surface area contributed by atoms with E-state index in [0.29, 0.717) is 12.8 Å². The Kier molecular flexibility index (Phi) is 13.4. The van der Waals surface area contributed by atoms with Gasteiger partial charge in [-0.2, -0.15) is 0 Å². The van der Waals surface area contributed by atoms with E-state index < -0.39 is 47.8 Å². The van der Waals surface area contributed by atoms with Crippen molar-refractivity contribution in [3.05, 3.63) is 95.1 Å². The van der Waals surface area contributed by atoms with Gasteiger partial charge in [-0.3, -0.25) is 9.59 Å². The van der Waals surface area contributed by atoms with Crippen molar-refractivity contribution in [3.8, 4) is 11.5 Å². The van der Waals surface area contributed by atoms with E-state index in [1.165, 1.54) is 87.0 Å². The van der Waals surface area contributed by atoms with Crippen LogP contribution in [0.25, 0.3) is 0 Å².